The molecule has 2 nitrogen and oxygen atoms in total. The van der Waals surface area contributed by atoms with Crippen molar-refractivity contribution < 1.29 is 0 Å². The highest BCUT2D eigenvalue weighted by Crippen LogP contribution is 2.26. The van der Waals surface area contributed by atoms with Crippen LogP contribution in [0.2, 0.25) is 0 Å². The van der Waals surface area contributed by atoms with Gasteiger partial charge in [-0.05, 0) is 57.4 Å². The standard InChI is InChI=1S/C17H24N2/c1-13(10-12-19-17(2,3)4)14-7-5-9-16-15(14)8-6-11-18-16/h5-9,11,13,19H,10,12H2,1-4H3. The van der Waals surface area contributed by atoms with Crippen molar-refractivity contribution in [2.75, 3.05) is 6.54 Å². The van der Waals surface area contributed by atoms with E-state index in [2.05, 4.69) is 62.3 Å². The van der Waals surface area contributed by atoms with Crippen LogP contribution in [-0.4, -0.2) is 17.1 Å². The maximum Gasteiger partial charge on any atom is 0.0704 e. The molecule has 2 rings (SSSR count). The summed E-state index contributed by atoms with van der Waals surface area (Å²) in [6, 6.07) is 10.6. The molecule has 2 heteroatoms. The molecule has 0 radical (unpaired) electrons. The van der Waals surface area contributed by atoms with Gasteiger partial charge in [-0.15, -0.1) is 0 Å². The Labute approximate surface area is 116 Å². The van der Waals surface area contributed by atoms with E-state index in [1.54, 1.807) is 0 Å². The summed E-state index contributed by atoms with van der Waals surface area (Å²) in [5.41, 5.74) is 2.69. The zero-order valence-corrected chi connectivity index (χ0v) is 12.4. The Morgan fingerprint density at radius 1 is 1.16 bits per heavy atom. The Morgan fingerprint density at radius 3 is 2.68 bits per heavy atom. The summed E-state index contributed by atoms with van der Waals surface area (Å²) in [6.45, 7) is 9.96. The summed E-state index contributed by atoms with van der Waals surface area (Å²) in [6.07, 6.45) is 3.00. The Kier molecular flexibility index (Phi) is 4.20. The van der Waals surface area contributed by atoms with Crippen LogP contribution in [0.25, 0.3) is 10.9 Å². The van der Waals surface area contributed by atoms with Crippen LogP contribution in [0.4, 0.5) is 0 Å². The molecule has 1 heterocycles. The molecule has 0 amide bonds. The normalized spacial score (nSPS) is 13.7. The Balaban J connectivity index is 2.11. The van der Waals surface area contributed by atoms with Gasteiger partial charge in [0, 0.05) is 17.1 Å². The van der Waals surface area contributed by atoms with Gasteiger partial charge < -0.3 is 5.32 Å². The SMILES string of the molecule is CC(CCNC(C)(C)C)c1cccc2ncccc12. The maximum absolute atomic E-state index is 4.43. The molecule has 0 aliphatic rings. The lowest BCUT2D eigenvalue weighted by Gasteiger charge is -2.22. The van der Waals surface area contributed by atoms with Gasteiger partial charge in [0.2, 0.25) is 0 Å². The number of fused-ring (bicyclic) bond motifs is 1. The summed E-state index contributed by atoms with van der Waals surface area (Å²) in [4.78, 5) is 4.43. The fraction of sp³-hybridized carbons (Fsp3) is 0.471. The van der Waals surface area contributed by atoms with E-state index in [-0.39, 0.29) is 5.54 Å². The van der Waals surface area contributed by atoms with Crippen LogP contribution in [0, 0.1) is 0 Å². The average molecular weight is 256 g/mol. The number of hydrogen-bond donors (Lipinski definition) is 1. The molecule has 0 saturated carbocycles. The minimum absolute atomic E-state index is 0.194. The van der Waals surface area contributed by atoms with Gasteiger partial charge in [-0.3, -0.25) is 4.98 Å². The van der Waals surface area contributed by atoms with E-state index in [0.717, 1.165) is 18.5 Å². The third kappa shape index (κ3) is 3.77. The molecule has 0 aliphatic carbocycles. The van der Waals surface area contributed by atoms with E-state index in [1.807, 2.05) is 12.3 Å². The van der Waals surface area contributed by atoms with E-state index in [1.165, 1.54) is 10.9 Å². The number of pyridine rings is 1. The summed E-state index contributed by atoms with van der Waals surface area (Å²) in [7, 11) is 0. The van der Waals surface area contributed by atoms with Gasteiger partial charge in [0.15, 0.2) is 0 Å². The van der Waals surface area contributed by atoms with E-state index in [9.17, 15) is 0 Å². The van der Waals surface area contributed by atoms with Gasteiger partial charge in [0.05, 0.1) is 5.52 Å². The molecular formula is C17H24N2. The van der Waals surface area contributed by atoms with E-state index in [4.69, 9.17) is 0 Å². The van der Waals surface area contributed by atoms with Gasteiger partial charge in [0.1, 0.15) is 0 Å². The lowest BCUT2D eigenvalue weighted by Crippen LogP contribution is -2.36. The molecular weight excluding hydrogens is 232 g/mol. The highest BCUT2D eigenvalue weighted by atomic mass is 14.9. The second-order valence-electron chi connectivity index (χ2n) is 6.28. The lowest BCUT2D eigenvalue weighted by molar-refractivity contribution is 0.414. The smallest absolute Gasteiger partial charge is 0.0704 e. The molecule has 0 fully saturated rings. The van der Waals surface area contributed by atoms with Crippen molar-refractivity contribution in [1.82, 2.24) is 10.3 Å². The average Bonchev–Trinajstić information content (AvgIpc) is 2.36. The summed E-state index contributed by atoms with van der Waals surface area (Å²) in [5.74, 6) is 0.544. The van der Waals surface area contributed by atoms with Gasteiger partial charge in [-0.25, -0.2) is 0 Å². The number of nitrogens with zero attached hydrogens (tertiary/aromatic N) is 1. The van der Waals surface area contributed by atoms with Gasteiger partial charge >= 0.3 is 0 Å². The van der Waals surface area contributed by atoms with Crippen molar-refractivity contribution in [2.24, 2.45) is 0 Å². The first-order valence-electron chi connectivity index (χ1n) is 7.06. The van der Waals surface area contributed by atoms with Crippen LogP contribution in [0.15, 0.2) is 36.5 Å². The Hall–Kier alpha value is -1.41. The fourth-order valence-corrected chi connectivity index (χ4v) is 2.38. The fourth-order valence-electron chi connectivity index (χ4n) is 2.38. The first-order valence-corrected chi connectivity index (χ1v) is 7.06. The minimum Gasteiger partial charge on any atom is -0.312 e. The monoisotopic (exact) mass is 256 g/mol. The van der Waals surface area contributed by atoms with E-state index < -0.39 is 0 Å². The molecule has 0 spiro atoms. The number of benzene rings is 1. The molecule has 2 aromatic rings. The molecule has 1 unspecified atom stereocenters. The molecule has 1 N–H and O–H groups in total. The Morgan fingerprint density at radius 2 is 1.95 bits per heavy atom. The molecule has 0 bridgehead atoms. The van der Waals surface area contributed by atoms with Crippen molar-refractivity contribution in [2.45, 2.75) is 45.6 Å². The second-order valence-corrected chi connectivity index (χ2v) is 6.28. The van der Waals surface area contributed by atoms with Gasteiger partial charge in [-0.2, -0.15) is 0 Å². The van der Waals surface area contributed by atoms with Gasteiger partial charge in [-0.1, -0.05) is 25.1 Å². The third-order valence-electron chi connectivity index (χ3n) is 3.44. The predicted molar refractivity (Wildman–Crippen MR) is 82.5 cm³/mol. The van der Waals surface area contributed by atoms with Crippen LogP contribution in [0.3, 0.4) is 0 Å². The van der Waals surface area contributed by atoms with Gasteiger partial charge in [0.25, 0.3) is 0 Å². The molecule has 1 atom stereocenters. The first-order chi connectivity index (χ1) is 8.97. The predicted octanol–water partition coefficient (Wildman–Crippen LogP) is 4.12. The number of rotatable bonds is 4. The van der Waals surface area contributed by atoms with Crippen molar-refractivity contribution in [3.8, 4) is 0 Å². The number of aromatic nitrogens is 1. The summed E-state index contributed by atoms with van der Waals surface area (Å²) < 4.78 is 0. The summed E-state index contributed by atoms with van der Waals surface area (Å²) >= 11 is 0. The molecule has 0 saturated heterocycles. The zero-order valence-electron chi connectivity index (χ0n) is 12.4. The molecule has 102 valence electrons. The molecule has 0 aliphatic heterocycles. The van der Waals surface area contributed by atoms with Crippen LogP contribution >= 0.6 is 0 Å². The van der Waals surface area contributed by atoms with E-state index >= 15 is 0 Å². The summed E-state index contributed by atoms with van der Waals surface area (Å²) in [5, 5.41) is 4.84. The van der Waals surface area contributed by atoms with Crippen molar-refractivity contribution in [3.05, 3.63) is 42.1 Å². The van der Waals surface area contributed by atoms with Crippen molar-refractivity contribution in [3.63, 3.8) is 0 Å². The minimum atomic E-state index is 0.194. The Bertz CT molecular complexity index is 535. The largest absolute Gasteiger partial charge is 0.312 e. The zero-order chi connectivity index (χ0) is 13.9. The second kappa shape index (κ2) is 5.70. The first kappa shape index (κ1) is 14.0. The topological polar surface area (TPSA) is 24.9 Å². The van der Waals surface area contributed by atoms with Crippen molar-refractivity contribution in [1.29, 1.82) is 0 Å². The maximum atomic E-state index is 4.43. The molecule has 1 aromatic carbocycles. The van der Waals surface area contributed by atoms with Crippen LogP contribution in [0.5, 0.6) is 0 Å². The quantitative estimate of drug-likeness (QED) is 0.890. The highest BCUT2D eigenvalue weighted by Gasteiger charge is 2.12. The van der Waals surface area contributed by atoms with Crippen LogP contribution < -0.4 is 5.32 Å². The molecule has 1 aromatic heterocycles. The lowest BCUT2D eigenvalue weighted by atomic mass is 9.93. The third-order valence-corrected chi connectivity index (χ3v) is 3.44. The number of nitrogens with one attached hydrogen (secondary N) is 1. The molecule has 19 heavy (non-hydrogen) atoms. The van der Waals surface area contributed by atoms with E-state index in [0.29, 0.717) is 5.92 Å². The van der Waals surface area contributed by atoms with Crippen molar-refractivity contribution >= 4 is 10.9 Å². The highest BCUT2D eigenvalue weighted by molar-refractivity contribution is 5.82. The van der Waals surface area contributed by atoms with Crippen LogP contribution in [0.1, 0.15) is 45.6 Å². The number of hydrogen-bond acceptors (Lipinski definition) is 2. The van der Waals surface area contributed by atoms with Crippen LogP contribution in [-0.2, 0) is 0 Å².